The zero-order valence-corrected chi connectivity index (χ0v) is 27.7. The van der Waals surface area contributed by atoms with Gasteiger partial charge in [0, 0.05) is 17.7 Å². The van der Waals surface area contributed by atoms with Crippen molar-refractivity contribution in [3.63, 3.8) is 0 Å². The molecule has 1 aromatic heterocycles. The van der Waals surface area contributed by atoms with Crippen LogP contribution in [0, 0.1) is 24.2 Å². The summed E-state index contributed by atoms with van der Waals surface area (Å²) in [4.78, 5) is 44.3. The molecule has 8 heteroatoms. The minimum atomic E-state index is -1.22. The second-order valence-electron chi connectivity index (χ2n) is 12.4. The zero-order valence-electron chi connectivity index (χ0n) is 26.9. The maximum absolute atomic E-state index is 13.8. The van der Waals surface area contributed by atoms with Crippen molar-refractivity contribution >= 4 is 35.1 Å². The molecule has 0 spiro atoms. The second kappa shape index (κ2) is 16.9. The summed E-state index contributed by atoms with van der Waals surface area (Å²) in [5.74, 6) is -1.74. The number of rotatable bonds is 8. The molecule has 0 aromatic carbocycles. The van der Waals surface area contributed by atoms with Gasteiger partial charge in [0.1, 0.15) is 11.9 Å². The van der Waals surface area contributed by atoms with E-state index in [1.54, 1.807) is 32.1 Å². The number of Topliss-reactive ketones (excluding diaryl/α,β-unsaturated/α-hetero) is 1. The Bertz CT molecular complexity index is 1150. The number of ether oxygens (including phenoxy) is 1. The van der Waals surface area contributed by atoms with Crippen LogP contribution in [0.2, 0.25) is 0 Å². The number of hydrogen-bond donors (Lipinski definition) is 2. The zero-order chi connectivity index (χ0) is 31.4. The Labute approximate surface area is 256 Å². The molecule has 0 bridgehead atoms. The SMILES string of the molecule is CCCCCCC(=O)O[C@H]1[C@@H](C)/C=C\C/C(C)=C\C[C@@H](/C(C)=C/c2csc(C)n2)NC(=O)C[C@H](O)C(C)(C)C(=O)[C@@H]1C. The van der Waals surface area contributed by atoms with Gasteiger partial charge in [-0.1, -0.05) is 77.7 Å². The molecule has 1 aliphatic rings. The van der Waals surface area contributed by atoms with E-state index < -0.39 is 23.5 Å². The van der Waals surface area contributed by atoms with Gasteiger partial charge in [-0.2, -0.15) is 0 Å². The summed E-state index contributed by atoms with van der Waals surface area (Å²) in [6, 6.07) is -0.281. The van der Waals surface area contributed by atoms with Gasteiger partial charge < -0.3 is 15.2 Å². The van der Waals surface area contributed by atoms with E-state index in [2.05, 4.69) is 29.4 Å². The number of unbranched alkanes of at least 4 members (excludes halogenated alkanes) is 3. The highest BCUT2D eigenvalue weighted by atomic mass is 32.1. The molecule has 0 fully saturated rings. The van der Waals surface area contributed by atoms with Crippen molar-refractivity contribution in [2.75, 3.05) is 0 Å². The largest absolute Gasteiger partial charge is 0.461 e. The van der Waals surface area contributed by atoms with Gasteiger partial charge in [0.25, 0.3) is 0 Å². The van der Waals surface area contributed by atoms with Crippen molar-refractivity contribution < 1.29 is 24.2 Å². The first-order valence-corrected chi connectivity index (χ1v) is 16.3. The maximum Gasteiger partial charge on any atom is 0.306 e. The normalized spacial score (nSPS) is 28.5. The lowest BCUT2D eigenvalue weighted by atomic mass is 9.73. The summed E-state index contributed by atoms with van der Waals surface area (Å²) in [5.41, 5.74) is 1.72. The van der Waals surface area contributed by atoms with Crippen LogP contribution in [-0.4, -0.2) is 46.0 Å². The summed E-state index contributed by atoms with van der Waals surface area (Å²) >= 11 is 1.57. The molecular formula is C34H52N2O5S. The predicted molar refractivity (Wildman–Crippen MR) is 171 cm³/mol. The number of aromatic nitrogens is 1. The molecule has 2 N–H and O–H groups in total. The Hall–Kier alpha value is -2.58. The summed E-state index contributed by atoms with van der Waals surface area (Å²) in [6.07, 6.45) is 11.5. The van der Waals surface area contributed by atoms with Crippen molar-refractivity contribution in [1.82, 2.24) is 10.3 Å². The molecule has 2 heterocycles. The van der Waals surface area contributed by atoms with Crippen molar-refractivity contribution in [3.8, 4) is 0 Å². The van der Waals surface area contributed by atoms with Crippen molar-refractivity contribution in [2.45, 2.75) is 125 Å². The summed E-state index contributed by atoms with van der Waals surface area (Å²) in [6.45, 7) is 15.1. The van der Waals surface area contributed by atoms with E-state index in [1.165, 1.54) is 0 Å². The van der Waals surface area contributed by atoms with E-state index in [0.717, 1.165) is 47.5 Å². The van der Waals surface area contributed by atoms with E-state index in [0.29, 0.717) is 19.3 Å². The highest BCUT2D eigenvalue weighted by molar-refractivity contribution is 7.09. The maximum atomic E-state index is 13.8. The molecule has 234 valence electrons. The number of ketones is 1. The molecule has 7 nitrogen and oxygen atoms in total. The monoisotopic (exact) mass is 600 g/mol. The highest BCUT2D eigenvalue weighted by Crippen LogP contribution is 2.33. The highest BCUT2D eigenvalue weighted by Gasteiger charge is 2.43. The van der Waals surface area contributed by atoms with Crippen LogP contribution in [0.5, 0.6) is 0 Å². The summed E-state index contributed by atoms with van der Waals surface area (Å²) < 4.78 is 5.94. The average molecular weight is 601 g/mol. The summed E-state index contributed by atoms with van der Waals surface area (Å²) in [7, 11) is 0. The van der Waals surface area contributed by atoms with E-state index in [4.69, 9.17) is 4.74 Å². The van der Waals surface area contributed by atoms with Gasteiger partial charge in [0.2, 0.25) is 5.91 Å². The first-order chi connectivity index (χ1) is 19.8. The lowest BCUT2D eigenvalue weighted by Gasteiger charge is -2.35. The average Bonchev–Trinajstić information content (AvgIpc) is 3.34. The number of esters is 1. The molecule has 1 aromatic rings. The van der Waals surface area contributed by atoms with Gasteiger partial charge in [-0.05, 0) is 51.7 Å². The topological polar surface area (TPSA) is 106 Å². The third kappa shape index (κ3) is 10.9. The molecule has 42 heavy (non-hydrogen) atoms. The Balaban J connectivity index is 2.36. The van der Waals surface area contributed by atoms with Crippen LogP contribution in [0.4, 0.5) is 0 Å². The Morgan fingerprint density at radius 3 is 2.57 bits per heavy atom. The first kappa shape index (κ1) is 35.6. The van der Waals surface area contributed by atoms with Crippen molar-refractivity contribution in [3.05, 3.63) is 45.5 Å². The van der Waals surface area contributed by atoms with Crippen LogP contribution in [0.15, 0.2) is 34.8 Å². The molecule has 2 rings (SSSR count). The number of aliphatic hydroxyl groups is 1. The fraction of sp³-hybridized carbons (Fsp3) is 0.647. The minimum Gasteiger partial charge on any atom is -0.461 e. The molecule has 0 unspecified atom stereocenters. The van der Waals surface area contributed by atoms with Crippen LogP contribution in [0.1, 0.15) is 111 Å². The second-order valence-corrected chi connectivity index (χ2v) is 13.5. The van der Waals surface area contributed by atoms with Crippen LogP contribution >= 0.6 is 11.3 Å². The Morgan fingerprint density at radius 1 is 1.21 bits per heavy atom. The number of hydrogen-bond acceptors (Lipinski definition) is 7. The Kier molecular flexibility index (Phi) is 14.3. The van der Waals surface area contributed by atoms with Gasteiger partial charge in [0.15, 0.2) is 0 Å². The number of nitrogens with zero attached hydrogens (tertiary/aromatic N) is 1. The van der Waals surface area contributed by atoms with E-state index >= 15 is 0 Å². The third-order valence-electron chi connectivity index (χ3n) is 8.25. The number of thiazole rings is 1. The van der Waals surface area contributed by atoms with Crippen molar-refractivity contribution in [2.24, 2.45) is 17.3 Å². The summed E-state index contributed by atoms with van der Waals surface area (Å²) in [5, 5.41) is 17.2. The quantitative estimate of drug-likeness (QED) is 0.187. The molecule has 5 atom stereocenters. The van der Waals surface area contributed by atoms with E-state index in [9.17, 15) is 19.5 Å². The van der Waals surface area contributed by atoms with Crippen LogP contribution in [0.25, 0.3) is 6.08 Å². The van der Waals surface area contributed by atoms with Gasteiger partial charge in [-0.25, -0.2) is 4.98 Å². The number of aliphatic hydroxyl groups excluding tert-OH is 1. The lowest BCUT2D eigenvalue weighted by molar-refractivity contribution is -0.158. The van der Waals surface area contributed by atoms with E-state index in [1.807, 2.05) is 45.2 Å². The number of aryl methyl sites for hydroxylation is 1. The number of nitrogens with one attached hydrogen (secondary N) is 1. The molecule has 1 aliphatic heterocycles. The molecule has 0 saturated carbocycles. The molecule has 1 amide bonds. The van der Waals surface area contributed by atoms with Crippen LogP contribution < -0.4 is 5.32 Å². The standard InChI is InChI=1S/C34H52N2O5S/c1-9-10-11-12-16-31(39)41-32-23(3)15-13-14-22(2)17-18-28(24(4)19-27-21-42-26(6)35-27)36-30(38)20-29(37)34(7,8)33(40)25(32)5/h13,15,17,19,21,23,25,28-29,32,37H,9-12,14,16,18,20H2,1-8H3,(H,36,38)/b15-13-,22-17-,24-19+/t23-,25+,28-,29-,32-/m0/s1. The number of carbonyl (C=O) groups excluding carboxylic acids is 3. The molecule has 0 aliphatic carbocycles. The van der Waals surface area contributed by atoms with Gasteiger partial charge in [-0.3, -0.25) is 14.4 Å². The van der Waals surface area contributed by atoms with Gasteiger partial charge in [-0.15, -0.1) is 11.3 Å². The number of amides is 1. The predicted octanol–water partition coefficient (Wildman–Crippen LogP) is 7.14. The minimum absolute atomic E-state index is 0.208. The van der Waals surface area contributed by atoms with Crippen LogP contribution in [-0.2, 0) is 19.1 Å². The van der Waals surface area contributed by atoms with Crippen LogP contribution in [0.3, 0.4) is 0 Å². The third-order valence-corrected chi connectivity index (χ3v) is 9.04. The number of allylic oxidation sites excluding steroid dienone is 2. The Morgan fingerprint density at radius 2 is 1.93 bits per heavy atom. The van der Waals surface area contributed by atoms with Gasteiger partial charge in [0.05, 0.1) is 40.6 Å². The molecule has 0 saturated heterocycles. The van der Waals surface area contributed by atoms with Crippen molar-refractivity contribution in [1.29, 1.82) is 0 Å². The lowest BCUT2D eigenvalue weighted by Crippen LogP contribution is -2.48. The first-order valence-electron chi connectivity index (χ1n) is 15.4. The fourth-order valence-corrected chi connectivity index (χ4v) is 5.85. The smallest absolute Gasteiger partial charge is 0.306 e. The molecular weight excluding hydrogens is 548 g/mol. The van der Waals surface area contributed by atoms with E-state index in [-0.39, 0.29) is 36.0 Å². The van der Waals surface area contributed by atoms with Gasteiger partial charge >= 0.3 is 5.97 Å². The fourth-order valence-electron chi connectivity index (χ4n) is 5.28. The number of carbonyl (C=O) groups is 3. The molecule has 0 radical (unpaired) electrons.